The van der Waals surface area contributed by atoms with Crippen LogP contribution in [0.1, 0.15) is 18.7 Å². The predicted octanol–water partition coefficient (Wildman–Crippen LogP) is 2.41. The molecule has 0 amide bonds. The normalized spacial score (nSPS) is 13.5. The van der Waals surface area contributed by atoms with Gasteiger partial charge in [-0.05, 0) is 28.1 Å². The van der Waals surface area contributed by atoms with E-state index >= 15 is 0 Å². The second kappa shape index (κ2) is 5.85. The van der Waals surface area contributed by atoms with Crippen molar-refractivity contribution in [2.75, 3.05) is 6.54 Å². The maximum Gasteiger partial charge on any atom is 0.0712 e. The van der Waals surface area contributed by atoms with E-state index in [0.717, 1.165) is 10.2 Å². The molecule has 0 bridgehead atoms. The second-order valence-electron chi connectivity index (χ2n) is 3.63. The van der Waals surface area contributed by atoms with Crippen LogP contribution in [0.25, 0.3) is 0 Å². The van der Waals surface area contributed by atoms with Crippen LogP contribution in [0, 0.1) is 0 Å². The first-order valence-corrected chi connectivity index (χ1v) is 6.34. The van der Waals surface area contributed by atoms with Crippen molar-refractivity contribution in [2.24, 2.45) is 0 Å². The first-order chi connectivity index (χ1) is 6.58. The van der Waals surface area contributed by atoms with E-state index in [1.165, 1.54) is 4.88 Å². The number of hydrogen-bond donors (Lipinski definition) is 2. The van der Waals surface area contributed by atoms with Gasteiger partial charge in [0.25, 0.3) is 0 Å². The van der Waals surface area contributed by atoms with Gasteiger partial charge in [-0.1, -0.05) is 13.8 Å². The summed E-state index contributed by atoms with van der Waals surface area (Å²) in [4.78, 5) is 1.22. The van der Waals surface area contributed by atoms with Crippen LogP contribution < -0.4 is 5.32 Å². The Bertz CT molecular complexity index is 275. The number of aliphatic hydroxyl groups is 1. The Labute approximate surface area is 97.5 Å². The van der Waals surface area contributed by atoms with Crippen molar-refractivity contribution in [3.05, 3.63) is 20.8 Å². The Morgan fingerprint density at radius 1 is 1.50 bits per heavy atom. The summed E-state index contributed by atoms with van der Waals surface area (Å²) in [6.07, 6.45) is 0.443. The Hall–Kier alpha value is 0.1000. The molecule has 0 radical (unpaired) electrons. The third-order valence-corrected chi connectivity index (χ3v) is 3.47. The van der Waals surface area contributed by atoms with E-state index in [-0.39, 0.29) is 6.10 Å². The van der Waals surface area contributed by atoms with Gasteiger partial charge >= 0.3 is 0 Å². The summed E-state index contributed by atoms with van der Waals surface area (Å²) in [7, 11) is 0. The number of nitrogens with one attached hydrogen (secondary N) is 1. The molecule has 0 fully saturated rings. The molecule has 0 saturated carbocycles. The van der Waals surface area contributed by atoms with Crippen molar-refractivity contribution in [2.45, 2.75) is 32.4 Å². The number of hydrogen-bond acceptors (Lipinski definition) is 3. The molecule has 80 valence electrons. The molecule has 1 rings (SSSR count). The van der Waals surface area contributed by atoms with Gasteiger partial charge in [-0.25, -0.2) is 0 Å². The van der Waals surface area contributed by atoms with Crippen LogP contribution >= 0.6 is 27.3 Å². The molecule has 2 N–H and O–H groups in total. The largest absolute Gasteiger partial charge is 0.391 e. The fraction of sp³-hybridized carbons (Fsp3) is 0.600. The van der Waals surface area contributed by atoms with Gasteiger partial charge in [0.15, 0.2) is 0 Å². The fourth-order valence-corrected chi connectivity index (χ4v) is 2.69. The number of rotatable bonds is 5. The van der Waals surface area contributed by atoms with Crippen molar-refractivity contribution < 1.29 is 5.11 Å². The predicted molar refractivity (Wildman–Crippen MR) is 64.9 cm³/mol. The van der Waals surface area contributed by atoms with Crippen LogP contribution in [-0.4, -0.2) is 23.8 Å². The zero-order valence-electron chi connectivity index (χ0n) is 8.46. The second-order valence-corrected chi connectivity index (χ2v) is 6.17. The lowest BCUT2D eigenvalue weighted by Crippen LogP contribution is -2.32. The molecule has 1 aromatic heterocycles. The molecule has 0 spiro atoms. The first kappa shape index (κ1) is 12.2. The molecule has 2 nitrogen and oxygen atoms in total. The minimum Gasteiger partial charge on any atom is -0.391 e. The minimum atomic E-state index is -0.289. The standard InChI is InChI=1S/C10H16BrNOS/c1-7(2)12-6-8(13)5-9-3-4-10(11)14-9/h3-4,7-8,12-13H,5-6H2,1-2H3. The molecule has 1 unspecified atom stereocenters. The van der Waals surface area contributed by atoms with Crippen molar-refractivity contribution >= 4 is 27.3 Å². The minimum absolute atomic E-state index is 0.289. The fourth-order valence-electron chi connectivity index (χ4n) is 1.14. The van der Waals surface area contributed by atoms with E-state index in [2.05, 4.69) is 35.1 Å². The molecule has 0 aliphatic carbocycles. The molecule has 1 heterocycles. The molecule has 14 heavy (non-hydrogen) atoms. The maximum absolute atomic E-state index is 9.69. The molecule has 4 heteroatoms. The van der Waals surface area contributed by atoms with E-state index in [4.69, 9.17) is 0 Å². The Kier molecular flexibility index (Phi) is 5.09. The summed E-state index contributed by atoms with van der Waals surface area (Å²) < 4.78 is 1.12. The molecule has 0 aliphatic heterocycles. The van der Waals surface area contributed by atoms with Crippen LogP contribution in [0.4, 0.5) is 0 Å². The Morgan fingerprint density at radius 3 is 2.71 bits per heavy atom. The molecular weight excluding hydrogens is 262 g/mol. The van der Waals surface area contributed by atoms with Crippen LogP contribution in [0.2, 0.25) is 0 Å². The summed E-state index contributed by atoms with van der Waals surface area (Å²) in [6, 6.07) is 4.50. The lowest BCUT2D eigenvalue weighted by atomic mass is 10.2. The van der Waals surface area contributed by atoms with Gasteiger partial charge in [0.2, 0.25) is 0 Å². The number of aliphatic hydroxyl groups excluding tert-OH is 1. The van der Waals surface area contributed by atoms with Gasteiger partial charge in [-0.3, -0.25) is 0 Å². The van der Waals surface area contributed by atoms with Gasteiger partial charge in [0, 0.05) is 23.9 Å². The Balaban J connectivity index is 2.30. The smallest absolute Gasteiger partial charge is 0.0712 e. The molecule has 1 aromatic rings. The number of thiophene rings is 1. The van der Waals surface area contributed by atoms with E-state index in [9.17, 15) is 5.11 Å². The van der Waals surface area contributed by atoms with Crippen molar-refractivity contribution in [1.82, 2.24) is 5.32 Å². The van der Waals surface area contributed by atoms with Crippen LogP contribution in [0.5, 0.6) is 0 Å². The first-order valence-electron chi connectivity index (χ1n) is 4.73. The van der Waals surface area contributed by atoms with Gasteiger partial charge in [0.1, 0.15) is 0 Å². The highest BCUT2D eigenvalue weighted by Crippen LogP contribution is 2.22. The summed E-state index contributed by atoms with van der Waals surface area (Å²) in [5.74, 6) is 0. The molecule has 0 saturated heterocycles. The van der Waals surface area contributed by atoms with E-state index in [1.54, 1.807) is 11.3 Å². The summed E-state index contributed by atoms with van der Waals surface area (Å²) in [6.45, 7) is 4.82. The average molecular weight is 278 g/mol. The highest BCUT2D eigenvalue weighted by molar-refractivity contribution is 9.11. The quantitative estimate of drug-likeness (QED) is 0.867. The molecule has 1 atom stereocenters. The number of halogens is 1. The lowest BCUT2D eigenvalue weighted by molar-refractivity contribution is 0.170. The van der Waals surface area contributed by atoms with Gasteiger partial charge in [0.05, 0.1) is 9.89 Å². The van der Waals surface area contributed by atoms with E-state index in [0.29, 0.717) is 12.6 Å². The zero-order chi connectivity index (χ0) is 10.6. The van der Waals surface area contributed by atoms with Crippen molar-refractivity contribution in [3.8, 4) is 0 Å². The topological polar surface area (TPSA) is 32.3 Å². The highest BCUT2D eigenvalue weighted by Gasteiger charge is 2.07. The van der Waals surface area contributed by atoms with E-state index in [1.807, 2.05) is 12.1 Å². The maximum atomic E-state index is 9.69. The van der Waals surface area contributed by atoms with Crippen molar-refractivity contribution in [1.29, 1.82) is 0 Å². The zero-order valence-corrected chi connectivity index (χ0v) is 10.9. The monoisotopic (exact) mass is 277 g/mol. The van der Waals surface area contributed by atoms with Gasteiger partial charge < -0.3 is 10.4 Å². The van der Waals surface area contributed by atoms with Crippen LogP contribution in [0.3, 0.4) is 0 Å². The van der Waals surface area contributed by atoms with E-state index < -0.39 is 0 Å². The lowest BCUT2D eigenvalue weighted by Gasteiger charge is -2.12. The van der Waals surface area contributed by atoms with Crippen molar-refractivity contribution in [3.63, 3.8) is 0 Å². The third-order valence-electron chi connectivity index (χ3n) is 1.83. The van der Waals surface area contributed by atoms with Gasteiger partial charge in [-0.15, -0.1) is 11.3 Å². The molecular formula is C10H16BrNOS. The highest BCUT2D eigenvalue weighted by atomic mass is 79.9. The van der Waals surface area contributed by atoms with Crippen LogP contribution in [0.15, 0.2) is 15.9 Å². The summed E-state index contributed by atoms with van der Waals surface area (Å²) >= 11 is 5.08. The summed E-state index contributed by atoms with van der Waals surface area (Å²) in [5.41, 5.74) is 0. The van der Waals surface area contributed by atoms with Crippen LogP contribution in [-0.2, 0) is 6.42 Å². The van der Waals surface area contributed by atoms with Gasteiger partial charge in [-0.2, -0.15) is 0 Å². The molecule has 0 aromatic carbocycles. The third kappa shape index (κ3) is 4.55. The average Bonchev–Trinajstić information content (AvgIpc) is 2.48. The SMILES string of the molecule is CC(C)NCC(O)Cc1ccc(Br)s1. The molecule has 0 aliphatic rings. The Morgan fingerprint density at radius 2 is 2.21 bits per heavy atom. The summed E-state index contributed by atoms with van der Waals surface area (Å²) in [5, 5.41) is 12.9.